The first-order chi connectivity index (χ1) is 13.0. The van der Waals surface area contributed by atoms with Gasteiger partial charge in [-0.25, -0.2) is 4.39 Å². The molecule has 1 amide bonds. The average Bonchev–Trinajstić information content (AvgIpc) is 3.25. The van der Waals surface area contributed by atoms with E-state index in [1.54, 1.807) is 4.90 Å². The predicted molar refractivity (Wildman–Crippen MR) is 93.5 cm³/mol. The molecule has 3 aromatic rings. The third kappa shape index (κ3) is 2.95. The van der Waals surface area contributed by atoms with E-state index in [-0.39, 0.29) is 17.8 Å². The Morgan fingerprint density at radius 1 is 1.22 bits per heavy atom. The van der Waals surface area contributed by atoms with Crippen LogP contribution in [0.25, 0.3) is 10.8 Å². The molecule has 140 valence electrons. The van der Waals surface area contributed by atoms with Crippen molar-refractivity contribution in [2.75, 3.05) is 13.7 Å². The topological polar surface area (TPSA) is 73.1 Å². The Kier molecular flexibility index (Phi) is 4.34. The molecule has 0 bridgehead atoms. The maximum absolute atomic E-state index is 13.8. The average molecular weight is 391 g/mol. The minimum atomic E-state index is -0.526. The molecule has 3 heterocycles. The predicted octanol–water partition coefficient (Wildman–Crippen LogP) is 2.91. The van der Waals surface area contributed by atoms with E-state index in [0.29, 0.717) is 35.3 Å². The summed E-state index contributed by atoms with van der Waals surface area (Å²) in [7, 11) is 1.35. The van der Waals surface area contributed by atoms with E-state index in [9.17, 15) is 13.6 Å². The van der Waals surface area contributed by atoms with Crippen LogP contribution in [0, 0.1) is 10.9 Å². The molecule has 2 aromatic heterocycles. The van der Waals surface area contributed by atoms with Crippen LogP contribution in [0.15, 0.2) is 24.3 Å². The van der Waals surface area contributed by atoms with E-state index >= 15 is 0 Å². The maximum Gasteiger partial charge on any atom is 0.262 e. The summed E-state index contributed by atoms with van der Waals surface area (Å²) in [5.74, 6) is 0.345. The summed E-state index contributed by atoms with van der Waals surface area (Å²) in [6, 6.07) is 5.09. The molecule has 27 heavy (non-hydrogen) atoms. The monoisotopic (exact) mass is 391 g/mol. The molecular weight excluding hydrogens is 376 g/mol. The van der Waals surface area contributed by atoms with Crippen LogP contribution in [0.3, 0.4) is 0 Å². The quantitative estimate of drug-likeness (QED) is 0.686. The smallest absolute Gasteiger partial charge is 0.262 e. The molecule has 0 saturated carbocycles. The highest BCUT2D eigenvalue weighted by atomic mass is 32.1. The minimum absolute atomic E-state index is 0.0793. The van der Waals surface area contributed by atoms with Gasteiger partial charge in [0.2, 0.25) is 5.13 Å². The van der Waals surface area contributed by atoms with Crippen LogP contribution >= 0.6 is 11.3 Å². The lowest BCUT2D eigenvalue weighted by Crippen LogP contribution is -2.41. The molecular formula is C17H15F2N5O2S. The maximum atomic E-state index is 13.8. The summed E-state index contributed by atoms with van der Waals surface area (Å²) in [5.41, 5.74) is 0.406. The molecule has 1 atom stereocenters. The number of carbonyl (C=O) groups excluding carboxylic acids is 1. The van der Waals surface area contributed by atoms with Gasteiger partial charge in [-0.3, -0.25) is 4.79 Å². The molecule has 1 aliphatic heterocycles. The van der Waals surface area contributed by atoms with Gasteiger partial charge in [-0.05, 0) is 31.2 Å². The Morgan fingerprint density at radius 3 is 2.63 bits per heavy atom. The van der Waals surface area contributed by atoms with E-state index in [2.05, 4.69) is 15.2 Å². The number of rotatable bonds is 3. The summed E-state index contributed by atoms with van der Waals surface area (Å²) in [5, 5.41) is 8.16. The number of methoxy groups -OCH3 is 1. The van der Waals surface area contributed by atoms with Gasteiger partial charge < -0.3 is 14.2 Å². The molecule has 1 aromatic carbocycles. The highest BCUT2D eigenvalue weighted by molar-refractivity contribution is 7.13. The Bertz CT molecular complexity index is 1000. The summed E-state index contributed by atoms with van der Waals surface area (Å²) in [6.45, 7) is 2.70. The molecule has 7 nitrogen and oxygen atoms in total. The van der Waals surface area contributed by atoms with Gasteiger partial charge in [0.1, 0.15) is 5.82 Å². The van der Waals surface area contributed by atoms with Gasteiger partial charge in [-0.2, -0.15) is 9.37 Å². The van der Waals surface area contributed by atoms with Crippen molar-refractivity contribution in [1.29, 1.82) is 0 Å². The normalized spacial score (nSPS) is 16.3. The number of benzene rings is 1. The van der Waals surface area contributed by atoms with Gasteiger partial charge in [0.15, 0.2) is 16.7 Å². The fraction of sp³-hybridized carbons (Fsp3) is 0.294. The lowest BCUT2D eigenvalue weighted by Gasteiger charge is -2.33. The van der Waals surface area contributed by atoms with Gasteiger partial charge in [0.25, 0.3) is 11.8 Å². The van der Waals surface area contributed by atoms with E-state index in [1.165, 1.54) is 31.4 Å². The fourth-order valence-corrected chi connectivity index (χ4v) is 3.85. The Morgan fingerprint density at radius 2 is 1.96 bits per heavy atom. The molecule has 1 aliphatic rings. The SMILES string of the molecule is COc1nc(-c2nnc3n2CCN(C(=O)c2ccc(F)cc2)C3C)sc1F. The summed E-state index contributed by atoms with van der Waals surface area (Å²) < 4.78 is 33.6. The summed E-state index contributed by atoms with van der Waals surface area (Å²) >= 11 is 0.834. The van der Waals surface area contributed by atoms with E-state index in [1.807, 2.05) is 11.5 Å². The van der Waals surface area contributed by atoms with Crippen LogP contribution in [-0.2, 0) is 6.54 Å². The van der Waals surface area contributed by atoms with Crippen molar-refractivity contribution in [2.24, 2.45) is 0 Å². The van der Waals surface area contributed by atoms with Crippen molar-refractivity contribution in [2.45, 2.75) is 19.5 Å². The van der Waals surface area contributed by atoms with Crippen LogP contribution in [0.5, 0.6) is 5.88 Å². The first kappa shape index (κ1) is 17.5. The number of thiazole rings is 1. The van der Waals surface area contributed by atoms with Gasteiger partial charge in [-0.15, -0.1) is 10.2 Å². The Labute approximate surface area is 157 Å². The zero-order chi connectivity index (χ0) is 19.1. The van der Waals surface area contributed by atoms with Crippen LogP contribution < -0.4 is 4.74 Å². The minimum Gasteiger partial charge on any atom is -0.478 e. The van der Waals surface area contributed by atoms with Crippen molar-refractivity contribution < 1.29 is 18.3 Å². The number of fused-ring (bicyclic) bond motifs is 1. The van der Waals surface area contributed by atoms with E-state index < -0.39 is 10.9 Å². The number of hydrogen-bond acceptors (Lipinski definition) is 6. The fourth-order valence-electron chi connectivity index (χ4n) is 3.09. The molecule has 0 N–H and O–H groups in total. The third-order valence-corrected chi connectivity index (χ3v) is 5.30. The first-order valence-electron chi connectivity index (χ1n) is 8.20. The van der Waals surface area contributed by atoms with Crippen molar-refractivity contribution in [3.8, 4) is 16.7 Å². The van der Waals surface area contributed by atoms with Gasteiger partial charge in [0.05, 0.1) is 13.2 Å². The Hall–Kier alpha value is -2.88. The molecule has 10 heteroatoms. The first-order valence-corrected chi connectivity index (χ1v) is 9.01. The highest BCUT2D eigenvalue weighted by Gasteiger charge is 2.33. The van der Waals surface area contributed by atoms with Crippen molar-refractivity contribution in [3.63, 3.8) is 0 Å². The molecule has 0 spiro atoms. The molecule has 4 rings (SSSR count). The van der Waals surface area contributed by atoms with Crippen LogP contribution in [0.1, 0.15) is 29.1 Å². The standard InChI is InChI=1S/C17H15F2N5O2S/c1-9-13-21-22-14(16-20-15(26-2)12(19)27-16)24(13)8-7-23(9)17(25)10-3-5-11(18)6-4-10/h3-6,9H,7-8H2,1-2H3. The number of ether oxygens (including phenoxy) is 1. The van der Waals surface area contributed by atoms with E-state index in [0.717, 1.165) is 11.3 Å². The molecule has 0 radical (unpaired) electrons. The van der Waals surface area contributed by atoms with Crippen LogP contribution in [0.2, 0.25) is 0 Å². The van der Waals surface area contributed by atoms with E-state index in [4.69, 9.17) is 4.74 Å². The number of carbonyl (C=O) groups is 1. The van der Waals surface area contributed by atoms with Crippen molar-refractivity contribution >= 4 is 17.2 Å². The lowest BCUT2D eigenvalue weighted by molar-refractivity contribution is 0.0638. The third-order valence-electron chi connectivity index (χ3n) is 4.48. The van der Waals surface area contributed by atoms with Crippen LogP contribution in [0.4, 0.5) is 8.78 Å². The van der Waals surface area contributed by atoms with Gasteiger partial charge in [0, 0.05) is 18.7 Å². The molecule has 0 fully saturated rings. The largest absolute Gasteiger partial charge is 0.478 e. The van der Waals surface area contributed by atoms with Crippen LogP contribution in [-0.4, -0.2) is 44.2 Å². The van der Waals surface area contributed by atoms with Crippen molar-refractivity contribution in [3.05, 3.63) is 46.6 Å². The second-order valence-electron chi connectivity index (χ2n) is 6.02. The lowest BCUT2D eigenvalue weighted by atomic mass is 10.1. The summed E-state index contributed by atoms with van der Waals surface area (Å²) in [6.07, 6.45) is 0. The van der Waals surface area contributed by atoms with Crippen molar-refractivity contribution in [1.82, 2.24) is 24.6 Å². The number of hydrogen-bond donors (Lipinski definition) is 0. The number of amides is 1. The number of nitrogens with zero attached hydrogens (tertiary/aromatic N) is 5. The van der Waals surface area contributed by atoms with Gasteiger partial charge in [-0.1, -0.05) is 11.3 Å². The second kappa shape index (κ2) is 6.69. The summed E-state index contributed by atoms with van der Waals surface area (Å²) in [4.78, 5) is 18.5. The zero-order valence-electron chi connectivity index (χ0n) is 14.5. The van der Waals surface area contributed by atoms with Gasteiger partial charge >= 0.3 is 0 Å². The number of aromatic nitrogens is 4. The zero-order valence-corrected chi connectivity index (χ0v) is 15.3. The molecule has 0 saturated heterocycles. The molecule has 1 unspecified atom stereocenters. The number of halogens is 2. The second-order valence-corrected chi connectivity index (χ2v) is 6.97. The Balaban J connectivity index is 1.63. The highest BCUT2D eigenvalue weighted by Crippen LogP contribution is 2.33. The molecule has 0 aliphatic carbocycles.